The second-order valence-electron chi connectivity index (χ2n) is 4.46. The first-order chi connectivity index (χ1) is 8.36. The third-order valence-corrected chi connectivity index (χ3v) is 3.08. The Bertz CT molecular complexity index is 215. The predicted molar refractivity (Wildman–Crippen MR) is 70.7 cm³/mol. The number of nitrogens with two attached hydrogens (primary N) is 1. The number of hydrogen-bond donors (Lipinski definition) is 3. The molecule has 5 heteroatoms. The first kappa shape index (κ1) is 14.3. The fourth-order valence-corrected chi connectivity index (χ4v) is 2.09. The average molecular weight is 242 g/mol. The van der Waals surface area contributed by atoms with Crippen LogP contribution in [0.25, 0.3) is 0 Å². The lowest BCUT2D eigenvalue weighted by Crippen LogP contribution is -2.42. The number of nitrogens with zero attached hydrogens (tertiary/aromatic N) is 1. The van der Waals surface area contributed by atoms with E-state index in [0.29, 0.717) is 5.96 Å². The SMILES string of the molecule is CCOCCCNC(=NCC1CCCC1)NN. The number of nitrogens with one attached hydrogen (secondary N) is 2. The van der Waals surface area contributed by atoms with Gasteiger partial charge in [-0.25, -0.2) is 5.84 Å². The Kier molecular flexibility index (Phi) is 7.75. The molecule has 1 rings (SSSR count). The highest BCUT2D eigenvalue weighted by Gasteiger charge is 2.14. The van der Waals surface area contributed by atoms with E-state index in [1.54, 1.807) is 0 Å². The fraction of sp³-hybridized carbons (Fsp3) is 0.917. The van der Waals surface area contributed by atoms with Gasteiger partial charge in [0.1, 0.15) is 0 Å². The first-order valence-corrected chi connectivity index (χ1v) is 6.69. The van der Waals surface area contributed by atoms with Gasteiger partial charge in [0.2, 0.25) is 5.96 Å². The van der Waals surface area contributed by atoms with E-state index in [-0.39, 0.29) is 0 Å². The van der Waals surface area contributed by atoms with E-state index in [4.69, 9.17) is 10.6 Å². The zero-order valence-corrected chi connectivity index (χ0v) is 10.9. The molecule has 0 saturated heterocycles. The lowest BCUT2D eigenvalue weighted by molar-refractivity contribution is 0.145. The topological polar surface area (TPSA) is 71.7 Å². The largest absolute Gasteiger partial charge is 0.382 e. The zero-order chi connectivity index (χ0) is 12.3. The van der Waals surface area contributed by atoms with E-state index in [0.717, 1.165) is 38.6 Å². The number of hydrazine groups is 1. The molecule has 0 bridgehead atoms. The molecule has 0 atom stereocenters. The number of guanidine groups is 1. The van der Waals surface area contributed by atoms with Crippen LogP contribution in [0.4, 0.5) is 0 Å². The summed E-state index contributed by atoms with van der Waals surface area (Å²) in [7, 11) is 0. The van der Waals surface area contributed by atoms with E-state index in [2.05, 4.69) is 15.7 Å². The summed E-state index contributed by atoms with van der Waals surface area (Å²) in [5, 5.41) is 3.19. The molecule has 1 aliphatic rings. The molecule has 0 aromatic heterocycles. The van der Waals surface area contributed by atoms with Gasteiger partial charge in [-0.2, -0.15) is 0 Å². The Morgan fingerprint density at radius 2 is 2.18 bits per heavy atom. The Hall–Kier alpha value is -0.810. The summed E-state index contributed by atoms with van der Waals surface area (Å²) in [4.78, 5) is 4.47. The number of hydrogen-bond acceptors (Lipinski definition) is 3. The molecule has 0 heterocycles. The molecule has 0 aromatic rings. The van der Waals surface area contributed by atoms with Crippen LogP contribution in [0, 0.1) is 5.92 Å². The summed E-state index contributed by atoms with van der Waals surface area (Å²) < 4.78 is 5.26. The number of rotatable bonds is 7. The summed E-state index contributed by atoms with van der Waals surface area (Å²) in [5.74, 6) is 6.88. The van der Waals surface area contributed by atoms with Gasteiger partial charge in [-0.15, -0.1) is 0 Å². The van der Waals surface area contributed by atoms with Crippen LogP contribution in [0.3, 0.4) is 0 Å². The van der Waals surface area contributed by atoms with Gasteiger partial charge in [-0.3, -0.25) is 10.4 Å². The van der Waals surface area contributed by atoms with Gasteiger partial charge in [0.25, 0.3) is 0 Å². The Morgan fingerprint density at radius 1 is 1.41 bits per heavy atom. The van der Waals surface area contributed by atoms with E-state index in [9.17, 15) is 0 Å². The summed E-state index contributed by atoms with van der Waals surface area (Å²) in [5.41, 5.74) is 2.61. The van der Waals surface area contributed by atoms with Crippen LogP contribution in [0.15, 0.2) is 4.99 Å². The van der Waals surface area contributed by atoms with Crippen LogP contribution in [0.2, 0.25) is 0 Å². The molecule has 4 N–H and O–H groups in total. The van der Waals surface area contributed by atoms with Gasteiger partial charge >= 0.3 is 0 Å². The van der Waals surface area contributed by atoms with Gasteiger partial charge in [0, 0.05) is 26.3 Å². The highest BCUT2D eigenvalue weighted by atomic mass is 16.5. The molecule has 0 unspecified atom stereocenters. The van der Waals surface area contributed by atoms with Crippen molar-refractivity contribution < 1.29 is 4.74 Å². The molecule has 5 nitrogen and oxygen atoms in total. The quantitative estimate of drug-likeness (QED) is 0.205. The molecule has 17 heavy (non-hydrogen) atoms. The normalized spacial score (nSPS) is 17.4. The fourth-order valence-electron chi connectivity index (χ4n) is 2.09. The minimum absolute atomic E-state index is 0.702. The highest BCUT2D eigenvalue weighted by Crippen LogP contribution is 2.24. The van der Waals surface area contributed by atoms with Gasteiger partial charge < -0.3 is 10.1 Å². The van der Waals surface area contributed by atoms with E-state index in [1.807, 2.05) is 6.92 Å². The standard InChI is InChI=1S/C12H26N4O/c1-2-17-9-5-8-14-12(16-13)15-10-11-6-3-4-7-11/h11H,2-10,13H2,1H3,(H2,14,15,16). The molecule has 1 saturated carbocycles. The monoisotopic (exact) mass is 242 g/mol. The van der Waals surface area contributed by atoms with Crippen LogP contribution < -0.4 is 16.6 Å². The smallest absolute Gasteiger partial charge is 0.205 e. The van der Waals surface area contributed by atoms with Crippen molar-refractivity contribution >= 4 is 5.96 Å². The maximum Gasteiger partial charge on any atom is 0.205 e. The van der Waals surface area contributed by atoms with Crippen LogP contribution in [0.5, 0.6) is 0 Å². The van der Waals surface area contributed by atoms with E-state index < -0.39 is 0 Å². The van der Waals surface area contributed by atoms with Gasteiger partial charge in [0.05, 0.1) is 0 Å². The zero-order valence-electron chi connectivity index (χ0n) is 10.9. The van der Waals surface area contributed by atoms with Crippen molar-refractivity contribution in [1.82, 2.24) is 10.7 Å². The molecular formula is C12H26N4O. The number of aliphatic imine (C=N–C) groups is 1. The Morgan fingerprint density at radius 3 is 2.82 bits per heavy atom. The maximum absolute atomic E-state index is 5.42. The lowest BCUT2D eigenvalue weighted by Gasteiger charge is -2.11. The van der Waals surface area contributed by atoms with Crippen LogP contribution >= 0.6 is 0 Å². The molecule has 100 valence electrons. The van der Waals surface area contributed by atoms with E-state index >= 15 is 0 Å². The molecule has 1 aliphatic carbocycles. The second-order valence-corrected chi connectivity index (χ2v) is 4.46. The summed E-state index contributed by atoms with van der Waals surface area (Å²) >= 11 is 0. The Balaban J connectivity index is 2.10. The molecule has 0 aromatic carbocycles. The highest BCUT2D eigenvalue weighted by molar-refractivity contribution is 5.79. The van der Waals surface area contributed by atoms with Crippen molar-refractivity contribution in [3.8, 4) is 0 Å². The van der Waals surface area contributed by atoms with Gasteiger partial charge in [-0.05, 0) is 32.1 Å². The lowest BCUT2D eigenvalue weighted by atomic mass is 10.1. The van der Waals surface area contributed by atoms with Crippen molar-refractivity contribution in [2.75, 3.05) is 26.3 Å². The third kappa shape index (κ3) is 6.48. The van der Waals surface area contributed by atoms with E-state index in [1.165, 1.54) is 25.7 Å². The maximum atomic E-state index is 5.42. The van der Waals surface area contributed by atoms with Crippen LogP contribution in [-0.4, -0.2) is 32.3 Å². The predicted octanol–water partition coefficient (Wildman–Crippen LogP) is 1.01. The van der Waals surface area contributed by atoms with Gasteiger partial charge in [0.15, 0.2) is 0 Å². The van der Waals surface area contributed by atoms with Crippen molar-refractivity contribution in [3.63, 3.8) is 0 Å². The van der Waals surface area contributed by atoms with Crippen LogP contribution in [-0.2, 0) is 4.74 Å². The molecule has 0 aliphatic heterocycles. The van der Waals surface area contributed by atoms with Crippen molar-refractivity contribution in [1.29, 1.82) is 0 Å². The summed E-state index contributed by atoms with van der Waals surface area (Å²) in [6.45, 7) is 5.29. The van der Waals surface area contributed by atoms with Crippen molar-refractivity contribution in [3.05, 3.63) is 0 Å². The van der Waals surface area contributed by atoms with Crippen molar-refractivity contribution in [2.24, 2.45) is 16.8 Å². The minimum Gasteiger partial charge on any atom is -0.382 e. The molecule has 0 amide bonds. The molecule has 1 fully saturated rings. The first-order valence-electron chi connectivity index (χ1n) is 6.69. The van der Waals surface area contributed by atoms with Gasteiger partial charge in [-0.1, -0.05) is 12.8 Å². The molecular weight excluding hydrogens is 216 g/mol. The van der Waals surface area contributed by atoms with Crippen LogP contribution in [0.1, 0.15) is 39.0 Å². The van der Waals surface area contributed by atoms with Crippen molar-refractivity contribution in [2.45, 2.75) is 39.0 Å². The summed E-state index contributed by atoms with van der Waals surface area (Å²) in [6.07, 6.45) is 6.30. The molecule has 0 spiro atoms. The summed E-state index contributed by atoms with van der Waals surface area (Å²) in [6, 6.07) is 0. The second kappa shape index (κ2) is 9.24. The Labute approximate surface area is 104 Å². The molecule has 0 radical (unpaired) electrons. The number of ether oxygens (including phenoxy) is 1. The minimum atomic E-state index is 0.702. The average Bonchev–Trinajstić information content (AvgIpc) is 2.86. The third-order valence-electron chi connectivity index (χ3n) is 3.08.